The first-order valence-electron chi connectivity index (χ1n) is 24.1. The van der Waals surface area contributed by atoms with E-state index in [1.807, 2.05) is 0 Å². The molecule has 0 bridgehead atoms. The number of carbonyl (C=O) groups excluding carboxylic acids is 2. The summed E-state index contributed by atoms with van der Waals surface area (Å²) < 4.78 is 0. The van der Waals surface area contributed by atoms with Crippen LogP contribution in [0.15, 0.2) is 84.6 Å². The zero-order valence-electron chi connectivity index (χ0n) is 39.0. The summed E-state index contributed by atoms with van der Waals surface area (Å²) in [6.45, 7) is 19.7. The van der Waals surface area contributed by atoms with Crippen LogP contribution in [0.3, 0.4) is 0 Å². The lowest BCUT2D eigenvalue weighted by atomic mass is 9.33. The normalized spacial score (nSPS) is 37.7. The van der Waals surface area contributed by atoms with Gasteiger partial charge in [0.05, 0.1) is 17.6 Å². The number of carbonyl (C=O) groups is 2. The van der Waals surface area contributed by atoms with Crippen molar-refractivity contribution in [2.24, 2.45) is 56.7 Å². The molecule has 4 fully saturated rings. The van der Waals surface area contributed by atoms with Crippen LogP contribution in [0, 0.1) is 56.7 Å². The van der Waals surface area contributed by atoms with E-state index in [0.29, 0.717) is 56.0 Å². The summed E-state index contributed by atoms with van der Waals surface area (Å²) in [5.74, 6) is 2.13. The van der Waals surface area contributed by atoms with Gasteiger partial charge in [-0.15, -0.1) is 0 Å². The minimum Gasteiger partial charge on any atom is -0.390 e. The molecule has 4 N–H and O–H groups in total. The third kappa shape index (κ3) is 9.96. The van der Waals surface area contributed by atoms with E-state index < -0.39 is 17.6 Å². The molecule has 5 aliphatic rings. The fraction of sp³-hybridized carbons (Fsp3) is 0.704. The predicted octanol–water partition coefficient (Wildman–Crippen LogP) is 11.7. The molecule has 11 atom stereocenters. The third-order valence-corrected chi connectivity index (χ3v) is 17.2. The highest BCUT2D eigenvalue weighted by molar-refractivity contribution is 5.84. The summed E-state index contributed by atoms with van der Waals surface area (Å²) in [6.07, 6.45) is 42.1. The van der Waals surface area contributed by atoms with Crippen molar-refractivity contribution >= 4 is 11.8 Å². The van der Waals surface area contributed by atoms with Gasteiger partial charge in [-0.3, -0.25) is 9.59 Å². The van der Waals surface area contributed by atoms with Crippen molar-refractivity contribution in [3.8, 4) is 0 Å². The fourth-order valence-electron chi connectivity index (χ4n) is 13.5. The van der Waals surface area contributed by atoms with E-state index in [2.05, 4.69) is 145 Å². The van der Waals surface area contributed by atoms with Gasteiger partial charge >= 0.3 is 0 Å². The van der Waals surface area contributed by atoms with Gasteiger partial charge in [-0.2, -0.15) is 0 Å². The molecule has 5 rings (SSSR count). The molecule has 6 heteroatoms. The molecule has 0 saturated heterocycles. The molecule has 5 aliphatic carbocycles. The Morgan fingerprint density at radius 2 is 1.28 bits per heavy atom. The van der Waals surface area contributed by atoms with Crippen molar-refractivity contribution in [1.29, 1.82) is 0 Å². The molecular formula is C54H84N2O4. The number of aliphatic hydroxyl groups is 2. The first-order chi connectivity index (χ1) is 28.6. The van der Waals surface area contributed by atoms with Crippen LogP contribution in [-0.2, 0) is 9.59 Å². The van der Waals surface area contributed by atoms with Gasteiger partial charge in [-0.25, -0.2) is 0 Å². The van der Waals surface area contributed by atoms with Crippen LogP contribution in [0.2, 0.25) is 0 Å². The molecule has 60 heavy (non-hydrogen) atoms. The summed E-state index contributed by atoms with van der Waals surface area (Å²) in [4.78, 5) is 27.2. The van der Waals surface area contributed by atoms with Gasteiger partial charge in [0.15, 0.2) is 0 Å². The molecular weight excluding hydrogens is 741 g/mol. The summed E-state index contributed by atoms with van der Waals surface area (Å²) in [7, 11) is 0. The van der Waals surface area contributed by atoms with E-state index in [1.54, 1.807) is 0 Å². The molecule has 0 heterocycles. The fourth-order valence-corrected chi connectivity index (χ4v) is 13.5. The maximum absolute atomic E-state index is 14.5. The topological polar surface area (TPSA) is 98.7 Å². The first-order valence-corrected chi connectivity index (χ1v) is 24.1. The number of aliphatic hydroxyl groups excluding tert-OH is 2. The lowest BCUT2D eigenvalue weighted by Gasteiger charge is -2.71. The van der Waals surface area contributed by atoms with E-state index >= 15 is 0 Å². The Kier molecular flexibility index (Phi) is 16.8. The van der Waals surface area contributed by atoms with Gasteiger partial charge in [-0.1, -0.05) is 140 Å². The number of allylic oxidation sites excluding steroid dienone is 14. The molecule has 0 spiro atoms. The number of rotatable bonds is 18. The molecule has 0 aromatic heterocycles. The Balaban J connectivity index is 1.07. The van der Waals surface area contributed by atoms with Crippen molar-refractivity contribution in [3.63, 3.8) is 0 Å². The molecule has 334 valence electrons. The van der Waals surface area contributed by atoms with Crippen LogP contribution in [0.1, 0.15) is 158 Å². The van der Waals surface area contributed by atoms with Crippen LogP contribution in [-0.4, -0.2) is 47.3 Å². The zero-order valence-corrected chi connectivity index (χ0v) is 39.0. The van der Waals surface area contributed by atoms with Crippen LogP contribution in [0.5, 0.6) is 0 Å². The lowest BCUT2D eigenvalue weighted by Crippen LogP contribution is -2.67. The molecule has 0 radical (unpaired) electrons. The van der Waals surface area contributed by atoms with E-state index in [-0.39, 0.29) is 39.4 Å². The third-order valence-electron chi connectivity index (χ3n) is 17.2. The zero-order chi connectivity index (χ0) is 43.6. The van der Waals surface area contributed by atoms with Crippen molar-refractivity contribution in [2.75, 3.05) is 13.1 Å². The van der Waals surface area contributed by atoms with Crippen LogP contribution in [0.25, 0.3) is 0 Å². The minimum atomic E-state index is -0.698. The molecule has 6 nitrogen and oxygen atoms in total. The van der Waals surface area contributed by atoms with Crippen LogP contribution in [0.4, 0.5) is 0 Å². The van der Waals surface area contributed by atoms with E-state index in [4.69, 9.17) is 0 Å². The lowest BCUT2D eigenvalue weighted by molar-refractivity contribution is -0.231. The highest BCUT2D eigenvalue weighted by atomic mass is 16.3. The number of hydrogen-bond donors (Lipinski definition) is 4. The first kappa shape index (κ1) is 48.1. The molecule has 4 saturated carbocycles. The average molecular weight is 825 g/mol. The second-order valence-electron chi connectivity index (χ2n) is 20.9. The molecule has 0 unspecified atom stereocenters. The highest BCUT2D eigenvalue weighted by Gasteiger charge is 2.70. The molecule has 0 aliphatic heterocycles. The van der Waals surface area contributed by atoms with Gasteiger partial charge in [0, 0.05) is 19.5 Å². The van der Waals surface area contributed by atoms with E-state index in [0.717, 1.165) is 83.5 Å². The van der Waals surface area contributed by atoms with Crippen LogP contribution < -0.4 is 10.6 Å². The Morgan fingerprint density at radius 1 is 0.717 bits per heavy atom. The number of fused-ring (bicyclic) bond motifs is 7. The Morgan fingerprint density at radius 3 is 1.88 bits per heavy atom. The maximum Gasteiger partial charge on any atom is 0.226 e. The average Bonchev–Trinajstić information content (AvgIpc) is 3.21. The van der Waals surface area contributed by atoms with Gasteiger partial charge in [0.25, 0.3) is 0 Å². The van der Waals surface area contributed by atoms with E-state index in [1.165, 1.54) is 5.57 Å². The second-order valence-corrected chi connectivity index (χ2v) is 20.9. The van der Waals surface area contributed by atoms with Gasteiger partial charge in [-0.05, 0) is 148 Å². The van der Waals surface area contributed by atoms with Crippen molar-refractivity contribution in [2.45, 2.75) is 170 Å². The van der Waals surface area contributed by atoms with Gasteiger partial charge < -0.3 is 20.8 Å². The SMILES string of the molecule is CC/C=C\C/C=C\C/C=C\C/C=C\C/C=C\C/C=C\CCC(=O)NCCNC(=O)[C@]12CC[C@@H](C)[C@H](C)[C@H]1C1=CC[C@@H]3[C@@]4(C)C[C@@H](O)[C@H](O)C(C)(C)[C@@H]4CC[C@@]3(C)[C@]1(C)CC2. The molecule has 0 aromatic rings. The highest BCUT2D eigenvalue weighted by Crippen LogP contribution is 2.75. The van der Waals surface area contributed by atoms with Crippen molar-refractivity contribution in [3.05, 3.63) is 84.6 Å². The second kappa shape index (κ2) is 20.9. The van der Waals surface area contributed by atoms with Crippen molar-refractivity contribution in [1.82, 2.24) is 10.6 Å². The smallest absolute Gasteiger partial charge is 0.226 e. The monoisotopic (exact) mass is 825 g/mol. The summed E-state index contributed by atoms with van der Waals surface area (Å²) >= 11 is 0. The number of amides is 2. The number of nitrogens with one attached hydrogen (secondary N) is 2. The van der Waals surface area contributed by atoms with Gasteiger partial charge in [0.1, 0.15) is 0 Å². The summed E-state index contributed by atoms with van der Waals surface area (Å²) in [6, 6.07) is 0. The van der Waals surface area contributed by atoms with E-state index in [9.17, 15) is 19.8 Å². The summed E-state index contributed by atoms with van der Waals surface area (Å²) in [5, 5.41) is 28.7. The van der Waals surface area contributed by atoms with Gasteiger partial charge in [0.2, 0.25) is 11.8 Å². The Bertz CT molecular complexity index is 1670. The number of hydrogen-bond acceptors (Lipinski definition) is 4. The summed E-state index contributed by atoms with van der Waals surface area (Å²) in [5.41, 5.74) is 0.747. The Hall–Kier alpha value is -2.96. The van der Waals surface area contributed by atoms with Crippen molar-refractivity contribution < 1.29 is 19.8 Å². The predicted molar refractivity (Wildman–Crippen MR) is 250 cm³/mol. The standard InChI is InChI=1S/C54H84N2O4/c1-9-10-11-12-13-14-15-16-17-18-19-20-21-22-23-24-25-26-27-28-46(58)55-37-38-56-49(60)54-34-31-40(2)41(3)47(54)42-29-30-45-51(6)39-43(57)48(59)50(4,5)44(51)32-33-53(45,8)52(42,7)35-36-54/h10-11,13-14,16-17,19-20,22-23,25-26,29,40-41,43-45,47-48,57,59H,9,12,15,18,21,24,27-28,30-39H2,1-8H3,(H,55,58)(H,56,60)/b11-10-,14-13-,17-16-,20-19-,23-22-,26-25-/t40-,41+,43-,44+,45-,47+,48+,51+,52-,53-,54+/m1/s1. The Labute approximate surface area is 365 Å². The minimum absolute atomic E-state index is 0.0218. The van der Waals surface area contributed by atoms with Crippen LogP contribution >= 0.6 is 0 Å². The largest absolute Gasteiger partial charge is 0.390 e. The quantitative estimate of drug-likeness (QED) is 0.0817. The molecule has 0 aromatic carbocycles. The maximum atomic E-state index is 14.5. The molecule has 2 amide bonds.